The van der Waals surface area contributed by atoms with Crippen molar-refractivity contribution in [2.45, 2.75) is 58.5 Å². The topological polar surface area (TPSA) is 55.9 Å². The Balaban J connectivity index is 1.35. The van der Waals surface area contributed by atoms with E-state index in [4.69, 9.17) is 0 Å². The molecule has 2 aromatic rings. The molecule has 7 heteroatoms. The zero-order valence-corrected chi connectivity index (χ0v) is 21.6. The number of amides is 3. The summed E-state index contributed by atoms with van der Waals surface area (Å²) in [6, 6.07) is 11.3. The first-order chi connectivity index (χ1) is 16.5. The fourth-order valence-corrected chi connectivity index (χ4v) is 6.01. The second kappa shape index (κ2) is 11.4. The van der Waals surface area contributed by atoms with Crippen molar-refractivity contribution in [3.8, 4) is 0 Å². The monoisotopic (exact) mass is 482 g/mol. The van der Waals surface area contributed by atoms with E-state index in [1.54, 1.807) is 0 Å². The van der Waals surface area contributed by atoms with Crippen LogP contribution in [0.25, 0.3) is 0 Å². The molecule has 3 amide bonds. The highest BCUT2D eigenvalue weighted by atomic mass is 32.1. The van der Waals surface area contributed by atoms with Crippen LogP contribution in [0.2, 0.25) is 0 Å². The number of aryl methyl sites for hydroxylation is 1. The molecule has 0 aliphatic carbocycles. The largest absolute Gasteiger partial charge is 0.339 e. The van der Waals surface area contributed by atoms with Gasteiger partial charge in [-0.1, -0.05) is 43.2 Å². The molecule has 2 aliphatic heterocycles. The summed E-state index contributed by atoms with van der Waals surface area (Å²) in [5.74, 6) is 0.191. The van der Waals surface area contributed by atoms with E-state index in [1.807, 2.05) is 28.1 Å². The maximum atomic E-state index is 13.1. The van der Waals surface area contributed by atoms with Crippen LogP contribution < -0.4 is 5.32 Å². The number of thiophene rings is 1. The Labute approximate surface area is 207 Å². The fourth-order valence-electron chi connectivity index (χ4n) is 5.11. The molecule has 6 nitrogen and oxygen atoms in total. The van der Waals surface area contributed by atoms with E-state index < -0.39 is 0 Å². The van der Waals surface area contributed by atoms with Gasteiger partial charge < -0.3 is 15.1 Å². The second-order valence-corrected chi connectivity index (χ2v) is 10.6. The number of carbonyl (C=O) groups is 2. The first-order valence-corrected chi connectivity index (χ1v) is 13.5. The highest BCUT2D eigenvalue weighted by Crippen LogP contribution is 2.37. The minimum Gasteiger partial charge on any atom is -0.339 e. The molecule has 0 bridgehead atoms. The Kier molecular flexibility index (Phi) is 8.27. The van der Waals surface area contributed by atoms with Crippen LogP contribution in [0.1, 0.15) is 60.7 Å². The average Bonchev–Trinajstić information content (AvgIpc) is 3.31. The van der Waals surface area contributed by atoms with Crippen LogP contribution in [-0.4, -0.2) is 71.9 Å². The molecule has 1 aromatic carbocycles. The molecule has 1 fully saturated rings. The number of urea groups is 1. The molecule has 2 atom stereocenters. The predicted octanol–water partition coefficient (Wildman–Crippen LogP) is 4.44. The smallest absolute Gasteiger partial charge is 0.317 e. The predicted molar refractivity (Wildman–Crippen MR) is 138 cm³/mol. The number of rotatable bonds is 7. The van der Waals surface area contributed by atoms with Gasteiger partial charge in [0.2, 0.25) is 5.91 Å². The van der Waals surface area contributed by atoms with Crippen molar-refractivity contribution < 1.29 is 9.59 Å². The quantitative estimate of drug-likeness (QED) is 0.594. The number of nitrogens with one attached hydrogen (secondary N) is 1. The second-order valence-electron chi connectivity index (χ2n) is 9.62. The van der Waals surface area contributed by atoms with Crippen molar-refractivity contribution in [2.24, 2.45) is 0 Å². The number of unbranched alkanes of at least 4 members (excludes halogenated alkanes) is 1. The molecule has 1 aromatic heterocycles. The highest BCUT2D eigenvalue weighted by molar-refractivity contribution is 7.10. The third kappa shape index (κ3) is 5.63. The highest BCUT2D eigenvalue weighted by Gasteiger charge is 2.32. The van der Waals surface area contributed by atoms with Gasteiger partial charge in [-0.15, -0.1) is 11.3 Å². The van der Waals surface area contributed by atoms with Gasteiger partial charge in [-0.05, 0) is 49.3 Å². The lowest BCUT2D eigenvalue weighted by Crippen LogP contribution is -2.58. The van der Waals surface area contributed by atoms with E-state index in [2.05, 4.69) is 59.8 Å². The Morgan fingerprint density at radius 1 is 1.12 bits per heavy atom. The number of fused-ring (bicyclic) bond motifs is 1. The SMILES string of the molecule is CCCCNC(=O)N1CCN(C(=O)CCN2CCc3sccc3C2c2ccc(C)cc2)CC1C. The molecule has 2 aliphatic rings. The molecule has 4 rings (SSSR count). The normalized spacial score (nSPS) is 20.8. The molecule has 0 spiro atoms. The summed E-state index contributed by atoms with van der Waals surface area (Å²) in [6.07, 6.45) is 3.61. The van der Waals surface area contributed by atoms with Crippen molar-refractivity contribution in [1.29, 1.82) is 0 Å². The fraction of sp³-hybridized carbons (Fsp3) is 0.556. The molecular weight excluding hydrogens is 444 g/mol. The first-order valence-electron chi connectivity index (χ1n) is 12.7. The summed E-state index contributed by atoms with van der Waals surface area (Å²) < 4.78 is 0. The van der Waals surface area contributed by atoms with E-state index in [-0.39, 0.29) is 24.0 Å². The van der Waals surface area contributed by atoms with Crippen LogP contribution in [0.15, 0.2) is 35.7 Å². The summed E-state index contributed by atoms with van der Waals surface area (Å²) >= 11 is 1.85. The van der Waals surface area contributed by atoms with Crippen LogP contribution in [0, 0.1) is 6.92 Å². The summed E-state index contributed by atoms with van der Waals surface area (Å²) in [5.41, 5.74) is 3.96. The van der Waals surface area contributed by atoms with Crippen molar-refractivity contribution in [1.82, 2.24) is 20.0 Å². The van der Waals surface area contributed by atoms with Crippen molar-refractivity contribution in [3.63, 3.8) is 0 Å². The minimum absolute atomic E-state index is 0.00567. The number of carbonyl (C=O) groups excluding carboxylic acids is 2. The molecule has 3 heterocycles. The summed E-state index contributed by atoms with van der Waals surface area (Å²) in [7, 11) is 0. The number of hydrogen-bond acceptors (Lipinski definition) is 4. The van der Waals surface area contributed by atoms with E-state index in [1.165, 1.54) is 21.6 Å². The zero-order valence-electron chi connectivity index (χ0n) is 20.8. The standard InChI is InChI=1S/C27H38N4O2S/c1-4-5-13-28-27(33)31-17-16-30(19-21(31)3)25(32)11-15-29-14-10-24-23(12-18-34-24)26(29)22-8-6-20(2)7-9-22/h6-9,12,18,21,26H,4-5,10-11,13-17,19H2,1-3H3,(H,28,33). The van der Waals surface area contributed by atoms with Gasteiger partial charge in [0.05, 0.1) is 6.04 Å². The third-order valence-electron chi connectivity index (χ3n) is 7.12. The molecule has 0 radical (unpaired) electrons. The Morgan fingerprint density at radius 2 is 1.91 bits per heavy atom. The number of benzene rings is 1. The molecule has 1 N–H and O–H groups in total. The van der Waals surface area contributed by atoms with Crippen molar-refractivity contribution >= 4 is 23.3 Å². The summed E-state index contributed by atoms with van der Waals surface area (Å²) in [5, 5.41) is 5.20. The zero-order chi connectivity index (χ0) is 24.1. The molecule has 184 valence electrons. The molecule has 1 saturated heterocycles. The van der Waals surface area contributed by atoms with Gasteiger partial charge in [-0.3, -0.25) is 9.69 Å². The van der Waals surface area contributed by atoms with Gasteiger partial charge >= 0.3 is 6.03 Å². The van der Waals surface area contributed by atoms with Crippen LogP contribution in [0.3, 0.4) is 0 Å². The van der Waals surface area contributed by atoms with Crippen LogP contribution in [0.5, 0.6) is 0 Å². The van der Waals surface area contributed by atoms with E-state index in [9.17, 15) is 9.59 Å². The minimum atomic E-state index is -0.00567. The Hall–Kier alpha value is -2.38. The van der Waals surface area contributed by atoms with Gasteiger partial charge in [-0.25, -0.2) is 4.79 Å². The van der Waals surface area contributed by atoms with Crippen LogP contribution >= 0.6 is 11.3 Å². The van der Waals surface area contributed by atoms with Gasteiger partial charge in [0.25, 0.3) is 0 Å². The number of nitrogens with zero attached hydrogens (tertiary/aromatic N) is 3. The lowest BCUT2D eigenvalue weighted by Gasteiger charge is -2.40. The summed E-state index contributed by atoms with van der Waals surface area (Å²) in [6.45, 7) is 10.5. The lowest BCUT2D eigenvalue weighted by atomic mass is 9.92. The van der Waals surface area contributed by atoms with E-state index in [0.717, 1.165) is 32.4 Å². The van der Waals surface area contributed by atoms with Gasteiger partial charge in [0.15, 0.2) is 0 Å². The third-order valence-corrected chi connectivity index (χ3v) is 8.12. The maximum absolute atomic E-state index is 13.1. The molecule has 34 heavy (non-hydrogen) atoms. The van der Waals surface area contributed by atoms with Gasteiger partial charge in [0, 0.05) is 56.6 Å². The number of piperazine rings is 1. The van der Waals surface area contributed by atoms with Crippen LogP contribution in [-0.2, 0) is 11.2 Å². The van der Waals surface area contributed by atoms with Crippen molar-refractivity contribution in [2.75, 3.05) is 39.3 Å². The maximum Gasteiger partial charge on any atom is 0.317 e. The summed E-state index contributed by atoms with van der Waals surface area (Å²) in [4.78, 5) is 33.4. The Morgan fingerprint density at radius 3 is 2.65 bits per heavy atom. The number of hydrogen-bond donors (Lipinski definition) is 1. The van der Waals surface area contributed by atoms with Crippen LogP contribution in [0.4, 0.5) is 4.79 Å². The average molecular weight is 483 g/mol. The van der Waals surface area contributed by atoms with Gasteiger partial charge in [0.1, 0.15) is 0 Å². The molecule has 2 unspecified atom stereocenters. The van der Waals surface area contributed by atoms with Crippen molar-refractivity contribution in [3.05, 3.63) is 57.3 Å². The molecular formula is C27H38N4O2S. The Bertz CT molecular complexity index is 973. The van der Waals surface area contributed by atoms with E-state index in [0.29, 0.717) is 32.6 Å². The first kappa shape index (κ1) is 24.7. The lowest BCUT2D eigenvalue weighted by molar-refractivity contribution is -0.134. The molecule has 0 saturated carbocycles. The van der Waals surface area contributed by atoms with E-state index >= 15 is 0 Å². The van der Waals surface area contributed by atoms with Gasteiger partial charge in [-0.2, -0.15) is 0 Å².